The van der Waals surface area contributed by atoms with Crippen LogP contribution in [0, 0.1) is 0 Å². The van der Waals surface area contributed by atoms with Crippen molar-refractivity contribution in [3.63, 3.8) is 0 Å². The van der Waals surface area contributed by atoms with Gasteiger partial charge in [-0.15, -0.1) is 24.0 Å². The molecular weight excluding hydrogens is 365 g/mol. The maximum atomic E-state index is 5.86. The van der Waals surface area contributed by atoms with E-state index in [9.17, 15) is 0 Å². The quantitative estimate of drug-likeness (QED) is 0.427. The lowest BCUT2D eigenvalue weighted by Gasteiger charge is -2.12. The van der Waals surface area contributed by atoms with Crippen LogP contribution in [0.5, 0.6) is 0 Å². The lowest BCUT2D eigenvalue weighted by molar-refractivity contribution is 0.133. The molecule has 0 aliphatic heterocycles. The second-order valence-electron chi connectivity index (χ2n) is 4.56. The van der Waals surface area contributed by atoms with Crippen LogP contribution in [0.3, 0.4) is 0 Å². The van der Waals surface area contributed by atoms with E-state index in [0.29, 0.717) is 25.2 Å². The number of hydrogen-bond acceptors (Lipinski definition) is 2. The molecule has 0 aliphatic carbocycles. The van der Waals surface area contributed by atoms with Gasteiger partial charge in [0.15, 0.2) is 5.96 Å². The summed E-state index contributed by atoms with van der Waals surface area (Å²) in [6.07, 6.45) is 1.02. The molecule has 0 saturated carbocycles. The van der Waals surface area contributed by atoms with E-state index in [4.69, 9.17) is 10.5 Å². The molecule has 1 aromatic rings. The summed E-state index contributed by atoms with van der Waals surface area (Å²) in [5.74, 6) is 0.501. The van der Waals surface area contributed by atoms with E-state index in [0.717, 1.165) is 18.6 Å². The van der Waals surface area contributed by atoms with Crippen molar-refractivity contribution in [1.29, 1.82) is 0 Å². The van der Waals surface area contributed by atoms with Gasteiger partial charge >= 0.3 is 0 Å². The van der Waals surface area contributed by atoms with Crippen molar-refractivity contribution in [3.05, 3.63) is 35.4 Å². The second kappa shape index (κ2) is 10.9. The van der Waals surface area contributed by atoms with Crippen molar-refractivity contribution in [2.45, 2.75) is 46.4 Å². The third kappa shape index (κ3) is 7.09. The first-order chi connectivity index (χ1) is 9.17. The van der Waals surface area contributed by atoms with Crippen LogP contribution >= 0.6 is 24.0 Å². The summed E-state index contributed by atoms with van der Waals surface area (Å²) in [6, 6.07) is 8.51. The monoisotopic (exact) mass is 391 g/mol. The molecule has 0 amide bonds. The predicted octanol–water partition coefficient (Wildman–Crippen LogP) is 3.04. The average Bonchev–Trinajstić information content (AvgIpc) is 2.43. The molecule has 0 bridgehead atoms. The van der Waals surface area contributed by atoms with Crippen LogP contribution in [0.4, 0.5) is 0 Å². The van der Waals surface area contributed by atoms with Crippen molar-refractivity contribution >= 4 is 29.9 Å². The standard InChI is InChI=1S/C15H25N3O.HI/c1-4-12(3)18-15(16)17-10-13-8-6-7-9-14(13)11-19-5-2;/h6-9,12H,4-5,10-11H2,1-3H3,(H3,16,17,18);1H. The van der Waals surface area contributed by atoms with Crippen LogP contribution in [0.15, 0.2) is 29.3 Å². The molecule has 5 heteroatoms. The number of rotatable bonds is 7. The first kappa shape index (κ1) is 19.2. The fourth-order valence-corrected chi connectivity index (χ4v) is 1.64. The van der Waals surface area contributed by atoms with Crippen LogP contribution in [-0.4, -0.2) is 18.6 Å². The zero-order chi connectivity index (χ0) is 14.1. The van der Waals surface area contributed by atoms with E-state index >= 15 is 0 Å². The molecule has 1 rings (SSSR count). The van der Waals surface area contributed by atoms with Gasteiger partial charge in [-0.05, 0) is 31.4 Å². The topological polar surface area (TPSA) is 59.6 Å². The highest BCUT2D eigenvalue weighted by Gasteiger charge is 2.02. The number of aliphatic imine (C=N–C) groups is 1. The van der Waals surface area contributed by atoms with Crippen molar-refractivity contribution < 1.29 is 4.74 Å². The minimum Gasteiger partial charge on any atom is -0.377 e. The summed E-state index contributed by atoms with van der Waals surface area (Å²) in [5, 5.41) is 3.16. The maximum Gasteiger partial charge on any atom is 0.189 e. The molecule has 1 aromatic carbocycles. The highest BCUT2D eigenvalue weighted by atomic mass is 127. The Kier molecular flexibility index (Phi) is 10.5. The summed E-state index contributed by atoms with van der Waals surface area (Å²) in [5.41, 5.74) is 8.18. The Morgan fingerprint density at radius 1 is 1.30 bits per heavy atom. The number of ether oxygens (including phenoxy) is 1. The first-order valence-electron chi connectivity index (χ1n) is 6.88. The van der Waals surface area contributed by atoms with Gasteiger partial charge in [0.05, 0.1) is 13.2 Å². The van der Waals surface area contributed by atoms with Gasteiger partial charge in [-0.1, -0.05) is 31.2 Å². The summed E-state index contributed by atoms with van der Waals surface area (Å²) in [4.78, 5) is 4.38. The minimum absolute atomic E-state index is 0. The third-order valence-electron chi connectivity index (χ3n) is 3.01. The van der Waals surface area contributed by atoms with Crippen molar-refractivity contribution in [2.75, 3.05) is 6.61 Å². The van der Waals surface area contributed by atoms with E-state index in [1.54, 1.807) is 0 Å². The number of guanidine groups is 1. The fraction of sp³-hybridized carbons (Fsp3) is 0.533. The molecule has 4 nitrogen and oxygen atoms in total. The van der Waals surface area contributed by atoms with Gasteiger partial charge in [-0.25, -0.2) is 4.99 Å². The average molecular weight is 391 g/mol. The predicted molar refractivity (Wildman–Crippen MR) is 95.4 cm³/mol. The number of nitrogens with zero attached hydrogens (tertiary/aromatic N) is 1. The smallest absolute Gasteiger partial charge is 0.189 e. The van der Waals surface area contributed by atoms with Gasteiger partial charge in [0.25, 0.3) is 0 Å². The van der Waals surface area contributed by atoms with Crippen LogP contribution in [0.2, 0.25) is 0 Å². The maximum absolute atomic E-state index is 5.86. The molecule has 0 aliphatic rings. The van der Waals surface area contributed by atoms with Crippen molar-refractivity contribution in [3.8, 4) is 0 Å². The minimum atomic E-state index is 0. The lowest BCUT2D eigenvalue weighted by Crippen LogP contribution is -2.38. The van der Waals surface area contributed by atoms with Crippen LogP contribution in [-0.2, 0) is 17.9 Å². The molecule has 3 N–H and O–H groups in total. The third-order valence-corrected chi connectivity index (χ3v) is 3.01. The zero-order valence-corrected chi connectivity index (χ0v) is 14.9. The molecule has 0 heterocycles. The number of nitrogens with two attached hydrogens (primary N) is 1. The van der Waals surface area contributed by atoms with Gasteiger partial charge in [-0.2, -0.15) is 0 Å². The van der Waals surface area contributed by atoms with Crippen LogP contribution in [0.25, 0.3) is 0 Å². The van der Waals surface area contributed by atoms with Crippen molar-refractivity contribution in [1.82, 2.24) is 5.32 Å². The van der Waals surface area contributed by atoms with E-state index < -0.39 is 0 Å². The Bertz CT molecular complexity index is 410. The Balaban J connectivity index is 0.00000361. The van der Waals surface area contributed by atoms with E-state index in [1.807, 2.05) is 19.1 Å². The van der Waals surface area contributed by atoms with Gasteiger partial charge in [-0.3, -0.25) is 0 Å². The molecule has 1 atom stereocenters. The van der Waals surface area contributed by atoms with Crippen LogP contribution < -0.4 is 11.1 Å². The van der Waals surface area contributed by atoms with E-state index in [-0.39, 0.29) is 24.0 Å². The Morgan fingerprint density at radius 3 is 2.55 bits per heavy atom. The zero-order valence-electron chi connectivity index (χ0n) is 12.6. The second-order valence-corrected chi connectivity index (χ2v) is 4.56. The highest BCUT2D eigenvalue weighted by molar-refractivity contribution is 14.0. The number of hydrogen-bond donors (Lipinski definition) is 2. The first-order valence-corrected chi connectivity index (χ1v) is 6.88. The van der Waals surface area contributed by atoms with Gasteiger partial charge < -0.3 is 15.8 Å². The SMILES string of the molecule is CCOCc1ccccc1CN=C(N)NC(C)CC.I. The number of halogens is 1. The van der Waals surface area contributed by atoms with E-state index in [2.05, 4.69) is 36.3 Å². The molecule has 0 radical (unpaired) electrons. The van der Waals surface area contributed by atoms with Gasteiger partial charge in [0.2, 0.25) is 0 Å². The summed E-state index contributed by atoms with van der Waals surface area (Å²) in [6.45, 7) is 8.12. The summed E-state index contributed by atoms with van der Waals surface area (Å²) in [7, 11) is 0. The normalized spacial score (nSPS) is 12.7. The largest absolute Gasteiger partial charge is 0.377 e. The highest BCUT2D eigenvalue weighted by Crippen LogP contribution is 2.11. The Labute approximate surface area is 139 Å². The Morgan fingerprint density at radius 2 is 1.95 bits per heavy atom. The number of nitrogens with one attached hydrogen (secondary N) is 1. The summed E-state index contributed by atoms with van der Waals surface area (Å²) < 4.78 is 5.45. The van der Waals surface area contributed by atoms with Crippen LogP contribution in [0.1, 0.15) is 38.3 Å². The van der Waals surface area contributed by atoms with Gasteiger partial charge in [0, 0.05) is 12.6 Å². The lowest BCUT2D eigenvalue weighted by atomic mass is 10.1. The molecular formula is C15H26IN3O. The molecule has 114 valence electrons. The fourth-order valence-electron chi connectivity index (χ4n) is 1.64. The summed E-state index contributed by atoms with van der Waals surface area (Å²) >= 11 is 0. The molecule has 0 fully saturated rings. The molecule has 1 unspecified atom stereocenters. The molecule has 20 heavy (non-hydrogen) atoms. The molecule has 0 saturated heterocycles. The molecule has 0 aromatic heterocycles. The van der Waals surface area contributed by atoms with E-state index in [1.165, 1.54) is 5.56 Å². The van der Waals surface area contributed by atoms with Crippen molar-refractivity contribution in [2.24, 2.45) is 10.7 Å². The number of benzene rings is 1. The van der Waals surface area contributed by atoms with Gasteiger partial charge in [0.1, 0.15) is 0 Å². The Hall–Kier alpha value is -0.820. The molecule has 0 spiro atoms.